The molecule has 2 atom stereocenters. The molecule has 0 radical (unpaired) electrons. The van der Waals surface area contributed by atoms with Crippen LogP contribution in [0, 0.1) is 17.2 Å². The fourth-order valence-corrected chi connectivity index (χ4v) is 2.86. The van der Waals surface area contributed by atoms with Gasteiger partial charge in [-0.2, -0.15) is 5.26 Å². The second-order valence-corrected chi connectivity index (χ2v) is 8.90. The Hall–Kier alpha value is -0.333. The molecule has 1 aliphatic carbocycles. The maximum absolute atomic E-state index is 8.82. The van der Waals surface area contributed by atoms with Gasteiger partial charge in [-0.1, -0.05) is 0 Å². The molecule has 1 rings (SSSR count). The van der Waals surface area contributed by atoms with Crippen molar-refractivity contribution in [1.82, 2.24) is 0 Å². The highest BCUT2D eigenvalue weighted by atomic mass is 28.4. The molecule has 0 bridgehead atoms. The van der Waals surface area contributed by atoms with Crippen LogP contribution in [-0.4, -0.2) is 14.4 Å². The summed E-state index contributed by atoms with van der Waals surface area (Å²) in [5, 5.41) is 8.82. The fourth-order valence-electron chi connectivity index (χ4n) is 1.67. The minimum Gasteiger partial charge on any atom is -0.413 e. The van der Waals surface area contributed by atoms with Crippen LogP contribution in [0.4, 0.5) is 0 Å². The first-order valence-electron chi connectivity index (χ1n) is 4.60. The Kier molecular flexibility index (Phi) is 2.92. The highest BCUT2D eigenvalue weighted by Gasteiger charge is 2.31. The van der Waals surface area contributed by atoms with Gasteiger partial charge in [0.15, 0.2) is 8.32 Å². The van der Waals surface area contributed by atoms with Crippen LogP contribution < -0.4 is 0 Å². The summed E-state index contributed by atoms with van der Waals surface area (Å²) < 4.78 is 5.92. The lowest BCUT2D eigenvalue weighted by atomic mass is 10.1. The molecule has 0 aliphatic heterocycles. The van der Waals surface area contributed by atoms with Crippen LogP contribution in [0.3, 0.4) is 0 Å². The molecule has 0 spiro atoms. The van der Waals surface area contributed by atoms with E-state index < -0.39 is 8.32 Å². The topological polar surface area (TPSA) is 33.0 Å². The zero-order valence-corrected chi connectivity index (χ0v) is 9.13. The molecular weight excluding hydrogens is 166 g/mol. The highest BCUT2D eigenvalue weighted by molar-refractivity contribution is 6.69. The molecule has 0 saturated heterocycles. The SMILES string of the molecule is C[Si](C)(C)OC1CCCC1C#N. The molecule has 0 N–H and O–H groups in total. The minimum absolute atomic E-state index is 0.164. The number of nitriles is 1. The van der Waals surface area contributed by atoms with Crippen molar-refractivity contribution in [2.75, 3.05) is 0 Å². The van der Waals surface area contributed by atoms with Gasteiger partial charge in [0.05, 0.1) is 18.1 Å². The van der Waals surface area contributed by atoms with Gasteiger partial charge in [0.2, 0.25) is 0 Å². The third-order valence-corrected chi connectivity index (χ3v) is 3.13. The van der Waals surface area contributed by atoms with Gasteiger partial charge < -0.3 is 4.43 Å². The van der Waals surface area contributed by atoms with Crippen LogP contribution >= 0.6 is 0 Å². The smallest absolute Gasteiger partial charge is 0.184 e. The first-order valence-corrected chi connectivity index (χ1v) is 8.01. The van der Waals surface area contributed by atoms with Crippen LogP contribution in [0.2, 0.25) is 19.6 Å². The van der Waals surface area contributed by atoms with Gasteiger partial charge in [0.25, 0.3) is 0 Å². The molecule has 1 fully saturated rings. The van der Waals surface area contributed by atoms with Crippen molar-refractivity contribution in [3.05, 3.63) is 0 Å². The van der Waals surface area contributed by atoms with E-state index in [2.05, 4.69) is 25.7 Å². The van der Waals surface area contributed by atoms with E-state index in [4.69, 9.17) is 9.69 Å². The summed E-state index contributed by atoms with van der Waals surface area (Å²) in [4.78, 5) is 0. The summed E-state index contributed by atoms with van der Waals surface area (Å²) in [6.07, 6.45) is 3.52. The van der Waals surface area contributed by atoms with Gasteiger partial charge in [-0.3, -0.25) is 0 Å². The number of nitrogens with zero attached hydrogens (tertiary/aromatic N) is 1. The van der Waals surface area contributed by atoms with E-state index in [9.17, 15) is 0 Å². The van der Waals surface area contributed by atoms with E-state index in [1.54, 1.807) is 0 Å². The van der Waals surface area contributed by atoms with Gasteiger partial charge in [0.1, 0.15) is 0 Å². The molecule has 0 aromatic rings. The minimum atomic E-state index is -1.43. The summed E-state index contributed by atoms with van der Waals surface area (Å²) in [6.45, 7) is 6.54. The van der Waals surface area contributed by atoms with Crippen molar-refractivity contribution in [3.8, 4) is 6.07 Å². The lowest BCUT2D eigenvalue weighted by molar-refractivity contribution is 0.175. The normalized spacial score (nSPS) is 30.2. The average molecular weight is 183 g/mol. The average Bonchev–Trinajstić information content (AvgIpc) is 2.31. The first kappa shape index (κ1) is 9.75. The Balaban J connectivity index is 2.48. The first-order chi connectivity index (χ1) is 5.53. The highest BCUT2D eigenvalue weighted by Crippen LogP contribution is 2.29. The number of hydrogen-bond acceptors (Lipinski definition) is 2. The lowest BCUT2D eigenvalue weighted by Gasteiger charge is -2.24. The Labute approximate surface area is 75.7 Å². The second kappa shape index (κ2) is 3.59. The molecule has 1 saturated carbocycles. The number of hydrogen-bond donors (Lipinski definition) is 0. The molecule has 2 unspecified atom stereocenters. The molecule has 0 amide bonds. The van der Waals surface area contributed by atoms with Crippen molar-refractivity contribution in [1.29, 1.82) is 5.26 Å². The predicted octanol–water partition coefficient (Wildman–Crippen LogP) is 2.53. The largest absolute Gasteiger partial charge is 0.413 e. The van der Waals surface area contributed by atoms with E-state index in [1.807, 2.05) is 0 Å². The Morgan fingerprint density at radius 3 is 2.50 bits per heavy atom. The molecule has 1 aliphatic rings. The van der Waals surface area contributed by atoms with Crippen molar-refractivity contribution in [2.24, 2.45) is 5.92 Å². The molecule has 3 heteroatoms. The van der Waals surface area contributed by atoms with Crippen LogP contribution in [0.5, 0.6) is 0 Å². The van der Waals surface area contributed by atoms with Crippen molar-refractivity contribution >= 4 is 8.32 Å². The zero-order valence-electron chi connectivity index (χ0n) is 8.13. The van der Waals surface area contributed by atoms with Gasteiger partial charge in [-0.05, 0) is 38.9 Å². The van der Waals surface area contributed by atoms with E-state index in [0.717, 1.165) is 19.3 Å². The standard InChI is InChI=1S/C9H17NOSi/c1-12(2,3)11-9-6-4-5-8(9)7-10/h8-9H,4-6H2,1-3H3. The van der Waals surface area contributed by atoms with Crippen molar-refractivity contribution < 1.29 is 4.43 Å². The van der Waals surface area contributed by atoms with Gasteiger partial charge >= 0.3 is 0 Å². The van der Waals surface area contributed by atoms with Crippen molar-refractivity contribution in [3.63, 3.8) is 0 Å². The van der Waals surface area contributed by atoms with Gasteiger partial charge in [-0.25, -0.2) is 0 Å². The third kappa shape index (κ3) is 2.61. The van der Waals surface area contributed by atoms with Crippen LogP contribution in [-0.2, 0) is 4.43 Å². The van der Waals surface area contributed by atoms with E-state index >= 15 is 0 Å². The monoisotopic (exact) mass is 183 g/mol. The van der Waals surface area contributed by atoms with Gasteiger partial charge in [-0.15, -0.1) is 0 Å². The number of rotatable bonds is 2. The third-order valence-electron chi connectivity index (χ3n) is 2.12. The summed E-state index contributed by atoms with van der Waals surface area (Å²) in [6, 6.07) is 2.33. The van der Waals surface area contributed by atoms with Crippen LogP contribution in [0.25, 0.3) is 0 Å². The van der Waals surface area contributed by atoms with E-state index in [0.29, 0.717) is 0 Å². The lowest BCUT2D eigenvalue weighted by Crippen LogP contribution is -2.33. The second-order valence-electron chi connectivity index (χ2n) is 4.44. The van der Waals surface area contributed by atoms with E-state index in [-0.39, 0.29) is 12.0 Å². The molecule has 0 aromatic carbocycles. The fraction of sp³-hybridized carbons (Fsp3) is 0.889. The molecule has 0 aromatic heterocycles. The summed E-state index contributed by atoms with van der Waals surface area (Å²) >= 11 is 0. The summed E-state index contributed by atoms with van der Waals surface area (Å²) in [5.74, 6) is 0.164. The van der Waals surface area contributed by atoms with Crippen LogP contribution in [0.1, 0.15) is 19.3 Å². The summed E-state index contributed by atoms with van der Waals surface area (Å²) in [5.41, 5.74) is 0. The van der Waals surface area contributed by atoms with Crippen molar-refractivity contribution in [2.45, 2.75) is 45.0 Å². The molecule has 12 heavy (non-hydrogen) atoms. The molecule has 2 nitrogen and oxygen atoms in total. The molecular formula is C9H17NOSi. The quantitative estimate of drug-likeness (QED) is 0.616. The zero-order chi connectivity index (χ0) is 9.19. The molecule has 68 valence electrons. The van der Waals surface area contributed by atoms with Crippen LogP contribution in [0.15, 0.2) is 0 Å². The Bertz CT molecular complexity index is 192. The van der Waals surface area contributed by atoms with Gasteiger partial charge in [0, 0.05) is 0 Å². The maximum Gasteiger partial charge on any atom is 0.184 e. The Morgan fingerprint density at radius 1 is 1.33 bits per heavy atom. The maximum atomic E-state index is 8.82. The van der Waals surface area contributed by atoms with E-state index in [1.165, 1.54) is 0 Å². The predicted molar refractivity (Wildman–Crippen MR) is 51.2 cm³/mol. The summed E-state index contributed by atoms with van der Waals surface area (Å²) in [7, 11) is -1.43. The Morgan fingerprint density at radius 2 is 2.00 bits per heavy atom. The molecule has 0 heterocycles.